The standard InChI is InChI=1S/C21H16ClF3N2O4/c1-11(2)31-14-6-3-12(4-7-14)9-15-18(28)26-20(30)27(19(15)29)17-10-13(21(23,24)25)5-8-16(17)22/h3-11H,1-2H3,(H,26,28,30)/b15-9+. The quantitative estimate of drug-likeness (QED) is 0.533. The molecular weight excluding hydrogens is 437 g/mol. The molecule has 0 aromatic heterocycles. The predicted molar refractivity (Wildman–Crippen MR) is 108 cm³/mol. The van der Waals surface area contributed by atoms with Gasteiger partial charge in [-0.1, -0.05) is 23.7 Å². The van der Waals surface area contributed by atoms with Crippen LogP contribution < -0.4 is 15.0 Å². The van der Waals surface area contributed by atoms with E-state index >= 15 is 0 Å². The van der Waals surface area contributed by atoms with E-state index in [2.05, 4.69) is 0 Å². The molecule has 10 heteroatoms. The molecule has 162 valence electrons. The molecule has 0 aliphatic carbocycles. The number of amides is 4. The van der Waals surface area contributed by atoms with Crippen LogP contribution >= 0.6 is 11.6 Å². The lowest BCUT2D eigenvalue weighted by atomic mass is 10.1. The summed E-state index contributed by atoms with van der Waals surface area (Å²) >= 11 is 5.95. The minimum atomic E-state index is -4.72. The minimum Gasteiger partial charge on any atom is -0.491 e. The number of urea groups is 1. The van der Waals surface area contributed by atoms with Gasteiger partial charge in [-0.2, -0.15) is 13.2 Å². The van der Waals surface area contributed by atoms with Crippen molar-refractivity contribution in [2.75, 3.05) is 4.90 Å². The summed E-state index contributed by atoms with van der Waals surface area (Å²) in [6, 6.07) is 7.45. The number of halogens is 4. The average Bonchev–Trinajstić information content (AvgIpc) is 2.66. The molecule has 3 rings (SSSR count). The first-order valence-electron chi connectivity index (χ1n) is 9.02. The van der Waals surface area contributed by atoms with Gasteiger partial charge >= 0.3 is 12.2 Å². The van der Waals surface area contributed by atoms with Crippen LogP contribution in [0.15, 0.2) is 48.0 Å². The maximum atomic E-state index is 13.1. The highest BCUT2D eigenvalue weighted by Crippen LogP contribution is 2.36. The molecule has 1 aliphatic rings. The van der Waals surface area contributed by atoms with Gasteiger partial charge in [0.25, 0.3) is 11.8 Å². The van der Waals surface area contributed by atoms with Crippen molar-refractivity contribution in [2.24, 2.45) is 0 Å². The lowest BCUT2D eigenvalue weighted by molar-refractivity contribution is -0.137. The lowest BCUT2D eigenvalue weighted by Gasteiger charge is -2.27. The van der Waals surface area contributed by atoms with Gasteiger partial charge in [0, 0.05) is 0 Å². The maximum Gasteiger partial charge on any atom is 0.416 e. The number of anilines is 1. The number of hydrogen-bond donors (Lipinski definition) is 1. The fourth-order valence-electron chi connectivity index (χ4n) is 2.82. The van der Waals surface area contributed by atoms with E-state index < -0.39 is 40.8 Å². The third-order valence-corrected chi connectivity index (χ3v) is 4.50. The molecule has 1 N–H and O–H groups in total. The fraction of sp³-hybridized carbons (Fsp3) is 0.190. The first-order valence-corrected chi connectivity index (χ1v) is 9.40. The maximum absolute atomic E-state index is 13.1. The predicted octanol–water partition coefficient (Wildman–Crippen LogP) is 4.81. The van der Waals surface area contributed by atoms with Crippen LogP contribution in [0.25, 0.3) is 6.08 Å². The van der Waals surface area contributed by atoms with Crippen molar-refractivity contribution in [1.82, 2.24) is 5.32 Å². The summed E-state index contributed by atoms with van der Waals surface area (Å²) in [5.41, 5.74) is -1.58. The van der Waals surface area contributed by atoms with Gasteiger partial charge in [-0.15, -0.1) is 0 Å². The lowest BCUT2D eigenvalue weighted by Crippen LogP contribution is -2.54. The van der Waals surface area contributed by atoms with Crippen molar-refractivity contribution in [1.29, 1.82) is 0 Å². The number of benzene rings is 2. The van der Waals surface area contributed by atoms with Crippen molar-refractivity contribution in [3.05, 3.63) is 64.2 Å². The SMILES string of the molecule is CC(C)Oc1ccc(/C=C2\C(=O)NC(=O)N(c3cc(C(F)(F)F)ccc3Cl)C2=O)cc1. The van der Waals surface area contributed by atoms with Gasteiger partial charge < -0.3 is 4.74 Å². The topological polar surface area (TPSA) is 75.7 Å². The molecule has 0 spiro atoms. The van der Waals surface area contributed by atoms with Crippen LogP contribution in [0.2, 0.25) is 5.02 Å². The molecule has 31 heavy (non-hydrogen) atoms. The van der Waals surface area contributed by atoms with Crippen LogP contribution in [0.3, 0.4) is 0 Å². The van der Waals surface area contributed by atoms with Gasteiger partial charge in [-0.25, -0.2) is 9.69 Å². The van der Waals surface area contributed by atoms with Crippen LogP contribution in [-0.2, 0) is 15.8 Å². The third-order valence-electron chi connectivity index (χ3n) is 4.18. The van der Waals surface area contributed by atoms with Crippen LogP contribution in [0, 0.1) is 0 Å². The van der Waals surface area contributed by atoms with Crippen LogP contribution in [0.4, 0.5) is 23.7 Å². The molecule has 0 atom stereocenters. The number of carbonyl (C=O) groups excluding carboxylic acids is 3. The van der Waals surface area contributed by atoms with Gasteiger partial charge in [0.1, 0.15) is 11.3 Å². The summed E-state index contributed by atoms with van der Waals surface area (Å²) in [5, 5.41) is 1.68. The summed E-state index contributed by atoms with van der Waals surface area (Å²) in [6.07, 6.45) is -3.55. The number of nitrogens with zero attached hydrogens (tertiary/aromatic N) is 1. The molecular formula is C21H16ClF3N2O4. The molecule has 0 unspecified atom stereocenters. The van der Waals surface area contributed by atoms with Crippen molar-refractivity contribution >= 4 is 41.2 Å². The van der Waals surface area contributed by atoms with E-state index in [0.717, 1.165) is 12.1 Å². The van der Waals surface area contributed by atoms with Crippen molar-refractivity contribution in [3.8, 4) is 5.75 Å². The molecule has 2 aromatic carbocycles. The monoisotopic (exact) mass is 452 g/mol. The average molecular weight is 453 g/mol. The van der Waals surface area contributed by atoms with Crippen molar-refractivity contribution in [3.63, 3.8) is 0 Å². The second kappa shape index (κ2) is 8.43. The van der Waals surface area contributed by atoms with Gasteiger partial charge in [-0.3, -0.25) is 14.9 Å². The smallest absolute Gasteiger partial charge is 0.416 e. The van der Waals surface area contributed by atoms with Crippen molar-refractivity contribution < 1.29 is 32.3 Å². The van der Waals surface area contributed by atoms with E-state index in [1.165, 1.54) is 6.08 Å². The molecule has 1 heterocycles. The Hall–Kier alpha value is -3.33. The van der Waals surface area contributed by atoms with Crippen LogP contribution in [0.5, 0.6) is 5.75 Å². The number of rotatable bonds is 4. The Bertz CT molecular complexity index is 1080. The van der Waals surface area contributed by atoms with Crippen LogP contribution in [-0.4, -0.2) is 23.9 Å². The Morgan fingerprint density at radius 3 is 2.29 bits per heavy atom. The zero-order valence-corrected chi connectivity index (χ0v) is 17.0. The highest BCUT2D eigenvalue weighted by Gasteiger charge is 2.39. The Morgan fingerprint density at radius 1 is 1.06 bits per heavy atom. The van der Waals surface area contributed by atoms with E-state index in [-0.39, 0.29) is 11.1 Å². The van der Waals surface area contributed by atoms with E-state index in [4.69, 9.17) is 16.3 Å². The summed E-state index contributed by atoms with van der Waals surface area (Å²) in [7, 11) is 0. The normalized spacial score (nSPS) is 16.2. The Morgan fingerprint density at radius 2 is 1.71 bits per heavy atom. The molecule has 1 fully saturated rings. The highest BCUT2D eigenvalue weighted by atomic mass is 35.5. The van der Waals surface area contributed by atoms with Crippen molar-refractivity contribution in [2.45, 2.75) is 26.1 Å². The molecule has 0 radical (unpaired) electrons. The number of alkyl halides is 3. The zero-order chi connectivity index (χ0) is 22.9. The number of hydrogen-bond acceptors (Lipinski definition) is 4. The summed E-state index contributed by atoms with van der Waals surface area (Å²) in [4.78, 5) is 37.8. The van der Waals surface area contributed by atoms with Gasteiger partial charge in [0.2, 0.25) is 0 Å². The third kappa shape index (κ3) is 4.88. The Labute approximate surface area is 180 Å². The van der Waals surface area contributed by atoms with E-state index in [1.807, 2.05) is 19.2 Å². The van der Waals surface area contributed by atoms with Gasteiger partial charge in [0.15, 0.2) is 0 Å². The Kier molecular flexibility index (Phi) is 6.08. The fourth-order valence-corrected chi connectivity index (χ4v) is 3.02. The second-order valence-electron chi connectivity index (χ2n) is 6.86. The highest BCUT2D eigenvalue weighted by molar-refractivity contribution is 6.42. The molecule has 2 aromatic rings. The minimum absolute atomic E-state index is 0.0494. The molecule has 0 saturated carbocycles. The van der Waals surface area contributed by atoms with E-state index in [9.17, 15) is 27.6 Å². The van der Waals surface area contributed by atoms with E-state index in [0.29, 0.717) is 22.3 Å². The summed E-state index contributed by atoms with van der Waals surface area (Å²) < 4.78 is 44.7. The van der Waals surface area contributed by atoms with E-state index in [1.54, 1.807) is 24.3 Å². The summed E-state index contributed by atoms with van der Waals surface area (Å²) in [6.45, 7) is 3.71. The zero-order valence-electron chi connectivity index (χ0n) is 16.3. The number of imide groups is 2. The molecule has 4 amide bonds. The number of carbonyl (C=O) groups is 3. The van der Waals surface area contributed by atoms with Gasteiger partial charge in [0.05, 0.1) is 22.4 Å². The Balaban J connectivity index is 1.99. The molecule has 0 bridgehead atoms. The molecule has 6 nitrogen and oxygen atoms in total. The number of ether oxygens (including phenoxy) is 1. The van der Waals surface area contributed by atoms with Crippen LogP contribution in [0.1, 0.15) is 25.0 Å². The largest absolute Gasteiger partial charge is 0.491 e. The first-order chi connectivity index (χ1) is 14.5. The molecule has 1 saturated heterocycles. The summed E-state index contributed by atoms with van der Waals surface area (Å²) in [5.74, 6) is -1.50. The molecule has 1 aliphatic heterocycles. The van der Waals surface area contributed by atoms with Gasteiger partial charge in [-0.05, 0) is 55.8 Å². The number of barbiturate groups is 1. The first kappa shape index (κ1) is 22.4. The second-order valence-corrected chi connectivity index (χ2v) is 7.26. The number of nitrogens with one attached hydrogen (secondary N) is 1.